The van der Waals surface area contributed by atoms with Gasteiger partial charge in [0.25, 0.3) is 0 Å². The number of methoxy groups -OCH3 is 1. The molecule has 0 aliphatic carbocycles. The zero-order chi connectivity index (χ0) is 6.57. The molecule has 0 aliphatic heterocycles. The van der Waals surface area contributed by atoms with E-state index in [2.05, 4.69) is 20.7 Å². The third-order valence-electron chi connectivity index (χ3n) is 0.592. The molecule has 0 aliphatic rings. The number of halogens is 2. The molecule has 0 saturated carbocycles. The summed E-state index contributed by atoms with van der Waals surface area (Å²) in [5.74, 6) is -0.576. The van der Waals surface area contributed by atoms with Crippen LogP contribution in [0.2, 0.25) is 0 Å². The number of hydrogen-bond acceptors (Lipinski definition) is 2. The lowest BCUT2D eigenvalue weighted by Crippen LogP contribution is -2.16. The maximum atomic E-state index is 11.5. The van der Waals surface area contributed by atoms with Crippen LogP contribution < -0.4 is 0 Å². The van der Waals surface area contributed by atoms with Crippen molar-refractivity contribution in [3.63, 3.8) is 0 Å². The lowest BCUT2D eigenvalue weighted by atomic mass is 10.5. The molecule has 0 radical (unpaired) electrons. The van der Waals surface area contributed by atoms with Crippen LogP contribution >= 0.6 is 15.9 Å². The topological polar surface area (TPSA) is 26.3 Å². The summed E-state index contributed by atoms with van der Waals surface area (Å²) in [6.45, 7) is -0.729. The molecule has 4 heteroatoms. The monoisotopic (exact) mass is 184 g/mol. The second-order valence-corrected chi connectivity index (χ2v) is 2.25. The second kappa shape index (κ2) is 3.83. The molecule has 0 aromatic rings. The van der Waals surface area contributed by atoms with E-state index >= 15 is 0 Å². The molecule has 0 rings (SSSR count). The predicted octanol–water partition coefficient (Wildman–Crippen LogP) is 0.892. The van der Waals surface area contributed by atoms with E-state index in [1.54, 1.807) is 0 Å². The van der Waals surface area contributed by atoms with Gasteiger partial charge < -0.3 is 4.74 Å². The third kappa shape index (κ3) is 2.26. The summed E-state index contributed by atoms with van der Waals surface area (Å²) in [7, 11) is 1.21. The van der Waals surface area contributed by atoms with Crippen LogP contribution in [-0.4, -0.2) is 24.6 Å². The van der Waals surface area contributed by atoms with Gasteiger partial charge in [0.1, 0.15) is 11.5 Å². The minimum atomic E-state index is -0.799. The highest BCUT2D eigenvalue weighted by atomic mass is 79.9. The van der Waals surface area contributed by atoms with Gasteiger partial charge in [-0.15, -0.1) is 0 Å². The van der Waals surface area contributed by atoms with Crippen molar-refractivity contribution in [1.29, 1.82) is 0 Å². The molecular formula is C4H6BrFO2. The first kappa shape index (κ1) is 7.88. The molecule has 0 saturated heterocycles. The highest BCUT2D eigenvalue weighted by Gasteiger charge is 2.13. The molecule has 0 amide bonds. The lowest BCUT2D eigenvalue weighted by molar-refractivity contribution is -0.140. The van der Waals surface area contributed by atoms with E-state index in [1.165, 1.54) is 7.11 Å². The van der Waals surface area contributed by atoms with Crippen molar-refractivity contribution in [1.82, 2.24) is 0 Å². The van der Waals surface area contributed by atoms with Gasteiger partial charge in [-0.25, -0.2) is 4.39 Å². The van der Waals surface area contributed by atoms with E-state index in [1.807, 2.05) is 0 Å². The van der Waals surface area contributed by atoms with Crippen molar-refractivity contribution in [2.45, 2.75) is 4.83 Å². The van der Waals surface area contributed by atoms with Crippen molar-refractivity contribution >= 4 is 21.9 Å². The Morgan fingerprint density at radius 2 is 2.50 bits per heavy atom. The van der Waals surface area contributed by atoms with Gasteiger partial charge in [0.2, 0.25) is 0 Å². The van der Waals surface area contributed by atoms with E-state index in [4.69, 9.17) is 0 Å². The van der Waals surface area contributed by atoms with Crippen molar-refractivity contribution in [2.75, 3.05) is 13.8 Å². The highest BCUT2D eigenvalue weighted by molar-refractivity contribution is 9.10. The molecule has 8 heavy (non-hydrogen) atoms. The molecule has 0 heterocycles. The first-order chi connectivity index (χ1) is 3.72. The minimum Gasteiger partial charge on any atom is -0.468 e. The largest absolute Gasteiger partial charge is 0.468 e. The maximum Gasteiger partial charge on any atom is 0.322 e. The Hall–Kier alpha value is -0.120. The van der Waals surface area contributed by atoms with Gasteiger partial charge in [0, 0.05) is 0 Å². The van der Waals surface area contributed by atoms with Gasteiger partial charge in [-0.2, -0.15) is 0 Å². The normalized spacial score (nSPS) is 12.9. The van der Waals surface area contributed by atoms with Crippen molar-refractivity contribution < 1.29 is 13.9 Å². The number of alkyl halides is 2. The molecule has 0 aromatic carbocycles. The second-order valence-electron chi connectivity index (χ2n) is 1.14. The quantitative estimate of drug-likeness (QED) is 0.471. The highest BCUT2D eigenvalue weighted by Crippen LogP contribution is 2.00. The van der Waals surface area contributed by atoms with E-state index in [9.17, 15) is 9.18 Å². The summed E-state index contributed by atoms with van der Waals surface area (Å²) in [6, 6.07) is 0. The van der Waals surface area contributed by atoms with Gasteiger partial charge in [-0.05, 0) is 0 Å². The van der Waals surface area contributed by atoms with E-state index in [0.29, 0.717) is 0 Å². The summed E-state index contributed by atoms with van der Waals surface area (Å²) >= 11 is 2.75. The molecule has 0 N–H and O–H groups in total. The van der Waals surface area contributed by atoms with Crippen molar-refractivity contribution in [2.24, 2.45) is 0 Å². The molecule has 0 bridgehead atoms. The molecule has 48 valence electrons. The predicted molar refractivity (Wildman–Crippen MR) is 30.7 cm³/mol. The smallest absolute Gasteiger partial charge is 0.322 e. The van der Waals surface area contributed by atoms with Crippen molar-refractivity contribution in [3.05, 3.63) is 0 Å². The number of carbonyl (C=O) groups is 1. The maximum absolute atomic E-state index is 11.5. The van der Waals surface area contributed by atoms with Crippen LogP contribution in [0.4, 0.5) is 4.39 Å². The average Bonchev–Trinajstić information content (AvgIpc) is 1.84. The van der Waals surface area contributed by atoms with Crippen LogP contribution in [-0.2, 0) is 9.53 Å². The fraction of sp³-hybridized carbons (Fsp3) is 0.750. The number of rotatable bonds is 2. The molecule has 1 atom stereocenters. The first-order valence-electron chi connectivity index (χ1n) is 2.00. The Bertz CT molecular complexity index is 86.1. The molecule has 0 unspecified atom stereocenters. The van der Waals surface area contributed by atoms with E-state index < -0.39 is 17.5 Å². The van der Waals surface area contributed by atoms with Crippen molar-refractivity contribution in [3.8, 4) is 0 Å². The SMILES string of the molecule is COC(=O)[C@@H](Br)CF. The molecule has 0 spiro atoms. The Balaban J connectivity index is 3.46. The summed E-state index contributed by atoms with van der Waals surface area (Å²) in [4.78, 5) is 9.44. The van der Waals surface area contributed by atoms with Gasteiger partial charge >= 0.3 is 5.97 Å². The van der Waals surface area contributed by atoms with Crippen LogP contribution in [0, 0.1) is 0 Å². The molecule has 2 nitrogen and oxygen atoms in total. The van der Waals surface area contributed by atoms with Crippen LogP contribution in [0.15, 0.2) is 0 Å². The third-order valence-corrected chi connectivity index (χ3v) is 1.21. The average molecular weight is 185 g/mol. The Labute approximate surface area is 55.1 Å². The Morgan fingerprint density at radius 3 is 2.62 bits per heavy atom. The summed E-state index contributed by atoms with van der Waals surface area (Å²) in [5, 5.41) is 0. The van der Waals surface area contributed by atoms with Crippen LogP contribution in [0.3, 0.4) is 0 Å². The van der Waals surface area contributed by atoms with Gasteiger partial charge in [-0.3, -0.25) is 4.79 Å². The fourth-order valence-electron chi connectivity index (χ4n) is 0.191. The summed E-state index contributed by atoms with van der Waals surface area (Å²) in [5.41, 5.74) is 0. The zero-order valence-corrected chi connectivity index (χ0v) is 5.94. The number of carbonyl (C=O) groups excluding carboxylic acids is 1. The summed E-state index contributed by atoms with van der Waals surface area (Å²) < 4.78 is 15.7. The Kier molecular flexibility index (Phi) is 3.77. The number of ether oxygens (including phenoxy) is 1. The van der Waals surface area contributed by atoms with Gasteiger partial charge in [-0.1, -0.05) is 15.9 Å². The standard InChI is InChI=1S/C4H6BrFO2/c1-8-4(7)3(5)2-6/h3H,2H2,1H3/t3-/m0/s1. The fourth-order valence-corrected chi connectivity index (χ4v) is 0.378. The van der Waals surface area contributed by atoms with Crippen LogP contribution in [0.5, 0.6) is 0 Å². The Morgan fingerprint density at radius 1 is 2.00 bits per heavy atom. The minimum absolute atomic E-state index is 0.576. The molecular weight excluding hydrogens is 179 g/mol. The van der Waals surface area contributed by atoms with Crippen LogP contribution in [0.25, 0.3) is 0 Å². The molecule has 0 fully saturated rings. The zero-order valence-electron chi connectivity index (χ0n) is 4.36. The van der Waals surface area contributed by atoms with E-state index in [0.717, 1.165) is 0 Å². The number of esters is 1. The molecule has 0 aromatic heterocycles. The summed E-state index contributed by atoms with van der Waals surface area (Å²) in [6.07, 6.45) is 0. The first-order valence-corrected chi connectivity index (χ1v) is 2.91. The van der Waals surface area contributed by atoms with E-state index in [-0.39, 0.29) is 0 Å². The number of hydrogen-bond donors (Lipinski definition) is 0. The lowest BCUT2D eigenvalue weighted by Gasteiger charge is -1.99. The van der Waals surface area contributed by atoms with Gasteiger partial charge in [0.15, 0.2) is 0 Å². The van der Waals surface area contributed by atoms with Crippen LogP contribution in [0.1, 0.15) is 0 Å². The van der Waals surface area contributed by atoms with Gasteiger partial charge in [0.05, 0.1) is 7.11 Å².